The van der Waals surface area contributed by atoms with E-state index >= 15 is 0 Å². The summed E-state index contributed by atoms with van der Waals surface area (Å²) in [5, 5.41) is 12.8. The number of allylic oxidation sites excluding steroid dienone is 2. The van der Waals surface area contributed by atoms with Crippen LogP contribution in [0.3, 0.4) is 0 Å². The molecule has 1 saturated carbocycles. The normalized spacial score (nSPS) is 37.3. The number of likely N-dealkylation sites (tertiary alicyclic amines) is 1. The Bertz CT molecular complexity index is 1160. The standard InChI is InChI=1S/C22H19BrCl2N2O6/c1-33-14-5-2-9(6-13(14)28)16-10-3-4-11-15(18(30)26-17(11)29)12(10)7-21(24)19(31)27(8-23)20(32)22(16,21)25/h2-3,5-6,11-12,15-16,28H,4,7-8H2,1H3,(H,26,29,30). The molecule has 0 bridgehead atoms. The largest absolute Gasteiger partial charge is 0.504 e. The number of fused-ring (bicyclic) bond motifs is 4. The minimum atomic E-state index is -1.89. The quantitative estimate of drug-likeness (QED) is 0.255. The van der Waals surface area contributed by atoms with Crippen molar-refractivity contribution < 1.29 is 29.0 Å². The van der Waals surface area contributed by atoms with Gasteiger partial charge in [0.25, 0.3) is 11.8 Å². The average molecular weight is 558 g/mol. The maximum atomic E-state index is 13.5. The maximum Gasteiger partial charge on any atom is 0.254 e. The van der Waals surface area contributed by atoms with Crippen molar-refractivity contribution in [3.63, 3.8) is 0 Å². The number of ether oxygens (including phenoxy) is 1. The molecule has 4 aliphatic rings. The van der Waals surface area contributed by atoms with Crippen molar-refractivity contribution >= 4 is 62.8 Å². The molecular formula is C22H19BrCl2N2O6. The zero-order valence-corrected chi connectivity index (χ0v) is 20.4. The summed E-state index contributed by atoms with van der Waals surface area (Å²) in [5.74, 6) is -4.84. The van der Waals surface area contributed by atoms with Crippen molar-refractivity contribution in [2.75, 3.05) is 12.6 Å². The number of carbonyl (C=O) groups excluding carboxylic acids is 4. The first-order chi connectivity index (χ1) is 15.6. The number of carbonyl (C=O) groups is 4. The van der Waals surface area contributed by atoms with Crippen LogP contribution in [-0.2, 0) is 19.2 Å². The van der Waals surface area contributed by atoms with Gasteiger partial charge in [0.2, 0.25) is 11.8 Å². The highest BCUT2D eigenvalue weighted by Crippen LogP contribution is 2.65. The molecule has 2 heterocycles. The minimum absolute atomic E-state index is 0.0710. The third-order valence-electron chi connectivity index (χ3n) is 7.39. The van der Waals surface area contributed by atoms with Gasteiger partial charge in [-0.1, -0.05) is 33.6 Å². The SMILES string of the molecule is COc1ccc(C2C3=CCC4C(=O)NC(=O)C4C3CC3(Cl)C(=O)N(CBr)C(=O)C23Cl)cc1O. The number of halogens is 3. The predicted molar refractivity (Wildman–Crippen MR) is 121 cm³/mol. The fourth-order valence-corrected chi connectivity index (χ4v) is 7.35. The number of nitrogens with zero attached hydrogens (tertiary/aromatic N) is 1. The second kappa shape index (κ2) is 7.45. The van der Waals surface area contributed by atoms with Gasteiger partial charge in [-0.05, 0) is 36.5 Å². The highest BCUT2D eigenvalue weighted by molar-refractivity contribution is 9.09. The Morgan fingerprint density at radius 2 is 1.91 bits per heavy atom. The summed E-state index contributed by atoms with van der Waals surface area (Å²) in [6.45, 7) is 0. The second-order valence-electron chi connectivity index (χ2n) is 8.77. The molecule has 8 nitrogen and oxygen atoms in total. The number of amides is 4. The number of methoxy groups -OCH3 is 1. The number of phenols is 1. The molecule has 1 aromatic rings. The number of alkyl halides is 3. The Morgan fingerprint density at radius 3 is 2.55 bits per heavy atom. The van der Waals surface area contributed by atoms with Gasteiger partial charge >= 0.3 is 0 Å². The summed E-state index contributed by atoms with van der Waals surface area (Å²) in [7, 11) is 1.41. The van der Waals surface area contributed by atoms with Crippen LogP contribution in [0.15, 0.2) is 29.8 Å². The van der Waals surface area contributed by atoms with E-state index in [1.165, 1.54) is 19.2 Å². The second-order valence-corrected chi connectivity index (χ2v) is 10.5. The molecule has 3 fully saturated rings. The number of phenolic OH excluding ortho intramolecular Hbond substituents is 1. The van der Waals surface area contributed by atoms with E-state index in [-0.39, 0.29) is 29.3 Å². The van der Waals surface area contributed by atoms with Gasteiger partial charge in [0.15, 0.2) is 21.2 Å². The Kier molecular flexibility index (Phi) is 5.12. The molecule has 6 unspecified atom stereocenters. The lowest BCUT2D eigenvalue weighted by Gasteiger charge is -2.50. The monoisotopic (exact) mass is 556 g/mol. The lowest BCUT2D eigenvalue weighted by atomic mass is 9.56. The Labute approximate surface area is 207 Å². The van der Waals surface area contributed by atoms with E-state index in [1.807, 2.05) is 6.08 Å². The molecule has 0 radical (unpaired) electrons. The molecule has 2 aliphatic heterocycles. The number of aromatic hydroxyl groups is 1. The number of rotatable bonds is 3. The molecule has 0 spiro atoms. The molecule has 2 N–H and O–H groups in total. The van der Waals surface area contributed by atoms with E-state index in [2.05, 4.69) is 21.2 Å². The van der Waals surface area contributed by atoms with Gasteiger partial charge in [0.1, 0.15) is 0 Å². The van der Waals surface area contributed by atoms with Gasteiger partial charge in [-0.3, -0.25) is 29.4 Å². The van der Waals surface area contributed by atoms with E-state index < -0.39 is 51.1 Å². The highest BCUT2D eigenvalue weighted by atomic mass is 79.9. The first kappa shape index (κ1) is 22.7. The van der Waals surface area contributed by atoms with Crippen LogP contribution in [0.2, 0.25) is 0 Å². The molecular weight excluding hydrogens is 539 g/mol. The molecule has 6 atom stereocenters. The van der Waals surface area contributed by atoms with Crippen molar-refractivity contribution in [1.82, 2.24) is 10.2 Å². The van der Waals surface area contributed by atoms with Gasteiger partial charge in [-0.25, -0.2) is 0 Å². The van der Waals surface area contributed by atoms with E-state index in [1.54, 1.807) is 6.07 Å². The first-order valence-electron chi connectivity index (χ1n) is 10.3. The lowest BCUT2D eigenvalue weighted by Crippen LogP contribution is -2.60. The number of hydrogen-bond donors (Lipinski definition) is 2. The van der Waals surface area contributed by atoms with Gasteiger partial charge < -0.3 is 9.84 Å². The summed E-state index contributed by atoms with van der Waals surface area (Å²) < 4.78 is 5.13. The number of hydrogen-bond acceptors (Lipinski definition) is 6. The molecule has 0 aromatic heterocycles. The third-order valence-corrected chi connectivity index (χ3v) is 9.31. The van der Waals surface area contributed by atoms with E-state index in [9.17, 15) is 24.3 Å². The van der Waals surface area contributed by atoms with Crippen LogP contribution in [0.5, 0.6) is 11.5 Å². The fourth-order valence-electron chi connectivity index (χ4n) is 5.92. The summed E-state index contributed by atoms with van der Waals surface area (Å²) in [4.78, 5) is 49.2. The van der Waals surface area contributed by atoms with Gasteiger partial charge in [-0.2, -0.15) is 0 Å². The molecule has 1 aromatic carbocycles. The summed E-state index contributed by atoms with van der Waals surface area (Å²) in [6, 6.07) is 4.61. The van der Waals surface area contributed by atoms with E-state index in [4.69, 9.17) is 27.9 Å². The first-order valence-corrected chi connectivity index (χ1v) is 12.2. The third kappa shape index (κ3) is 2.76. The average Bonchev–Trinajstić information content (AvgIpc) is 3.15. The van der Waals surface area contributed by atoms with Crippen LogP contribution in [-0.4, -0.2) is 55.9 Å². The summed E-state index contributed by atoms with van der Waals surface area (Å²) in [5.41, 5.74) is 1.02. The van der Waals surface area contributed by atoms with Crippen molar-refractivity contribution in [2.45, 2.75) is 28.5 Å². The summed E-state index contributed by atoms with van der Waals surface area (Å²) in [6.07, 6.45) is 2.04. The molecule has 33 heavy (non-hydrogen) atoms. The van der Waals surface area contributed by atoms with Crippen molar-refractivity contribution in [1.29, 1.82) is 0 Å². The Hall–Kier alpha value is -2.10. The molecule has 5 rings (SSSR count). The van der Waals surface area contributed by atoms with Crippen LogP contribution < -0.4 is 10.1 Å². The minimum Gasteiger partial charge on any atom is -0.504 e. The predicted octanol–water partition coefficient (Wildman–Crippen LogP) is 2.40. The molecule has 174 valence electrons. The van der Waals surface area contributed by atoms with Gasteiger partial charge in [0.05, 0.1) is 24.4 Å². The van der Waals surface area contributed by atoms with Crippen LogP contribution in [0, 0.1) is 17.8 Å². The van der Waals surface area contributed by atoms with Crippen molar-refractivity contribution in [3.8, 4) is 11.5 Å². The van der Waals surface area contributed by atoms with E-state index in [0.717, 1.165) is 4.90 Å². The Morgan fingerprint density at radius 1 is 1.18 bits per heavy atom. The molecule has 2 aliphatic carbocycles. The number of imide groups is 2. The molecule has 2 saturated heterocycles. The van der Waals surface area contributed by atoms with Crippen LogP contribution in [0.1, 0.15) is 24.3 Å². The number of benzene rings is 1. The van der Waals surface area contributed by atoms with Crippen molar-refractivity contribution in [2.24, 2.45) is 17.8 Å². The zero-order valence-electron chi connectivity index (χ0n) is 17.3. The van der Waals surface area contributed by atoms with Crippen LogP contribution >= 0.6 is 39.1 Å². The molecule has 11 heteroatoms. The van der Waals surface area contributed by atoms with E-state index in [0.29, 0.717) is 17.6 Å². The van der Waals surface area contributed by atoms with Crippen molar-refractivity contribution in [3.05, 3.63) is 35.4 Å². The van der Waals surface area contributed by atoms with Crippen LogP contribution in [0.25, 0.3) is 0 Å². The smallest absolute Gasteiger partial charge is 0.254 e. The fraction of sp³-hybridized carbons (Fsp3) is 0.455. The highest BCUT2D eigenvalue weighted by Gasteiger charge is 2.76. The Balaban J connectivity index is 1.75. The van der Waals surface area contributed by atoms with Crippen LogP contribution in [0.4, 0.5) is 0 Å². The zero-order chi connectivity index (χ0) is 23.9. The molecule has 4 amide bonds. The topological polar surface area (TPSA) is 113 Å². The maximum absolute atomic E-state index is 13.5. The number of nitrogens with one attached hydrogen (secondary N) is 1. The van der Waals surface area contributed by atoms with Gasteiger partial charge in [-0.15, -0.1) is 23.2 Å². The lowest BCUT2D eigenvalue weighted by molar-refractivity contribution is -0.138. The van der Waals surface area contributed by atoms with Gasteiger partial charge in [0, 0.05) is 5.92 Å². The summed E-state index contributed by atoms with van der Waals surface area (Å²) >= 11 is 17.2.